The molecule has 1 atom stereocenters. The van der Waals surface area contributed by atoms with Gasteiger partial charge in [-0.2, -0.15) is 18.2 Å². The van der Waals surface area contributed by atoms with E-state index in [0.717, 1.165) is 12.1 Å². The second kappa shape index (κ2) is 7.61. The van der Waals surface area contributed by atoms with Gasteiger partial charge in [0.2, 0.25) is 0 Å². The molecule has 0 aliphatic heterocycles. The minimum Gasteiger partial charge on any atom is -0.372 e. The number of hydrogen-bond acceptors (Lipinski definition) is 3. The second-order valence-corrected chi connectivity index (χ2v) is 7.09. The monoisotopic (exact) mass is 391 g/mol. The van der Waals surface area contributed by atoms with E-state index in [2.05, 4.69) is 10.3 Å². The molecule has 136 valence electrons. The van der Waals surface area contributed by atoms with Gasteiger partial charge in [0, 0.05) is 18.6 Å². The number of anilines is 1. The fourth-order valence-corrected chi connectivity index (χ4v) is 3.06. The van der Waals surface area contributed by atoms with E-state index in [1.165, 1.54) is 17.4 Å². The van der Waals surface area contributed by atoms with Gasteiger partial charge in [0.1, 0.15) is 6.04 Å². The number of nitrogens with one attached hydrogen (secondary N) is 1. The summed E-state index contributed by atoms with van der Waals surface area (Å²) in [5.74, 6) is -0.552. The number of halogens is 4. The maximum Gasteiger partial charge on any atom is 0.416 e. The van der Waals surface area contributed by atoms with Crippen LogP contribution in [0.15, 0.2) is 34.8 Å². The van der Waals surface area contributed by atoms with E-state index < -0.39 is 23.7 Å². The maximum absolute atomic E-state index is 12.7. The van der Waals surface area contributed by atoms with Gasteiger partial charge in [-0.05, 0) is 24.1 Å². The Kier molecular flexibility index (Phi) is 5.95. The molecule has 1 N–H and O–H groups in total. The Bertz CT molecular complexity index is 827. The number of nitrogens with zero attached hydrogens (tertiary/aromatic N) is 2. The Morgan fingerprint density at radius 2 is 2.04 bits per heavy atom. The summed E-state index contributed by atoms with van der Waals surface area (Å²) in [7, 11) is 1.77. The molecule has 1 heterocycles. The van der Waals surface area contributed by atoms with Crippen LogP contribution in [-0.4, -0.2) is 16.5 Å². The largest absolute Gasteiger partial charge is 0.416 e. The molecule has 0 spiro atoms. The minimum atomic E-state index is -4.47. The predicted molar refractivity (Wildman–Crippen MR) is 92.6 cm³/mol. The molecule has 0 saturated heterocycles. The summed E-state index contributed by atoms with van der Waals surface area (Å²) in [6.45, 7) is 3.63. The van der Waals surface area contributed by atoms with E-state index >= 15 is 0 Å². The lowest BCUT2D eigenvalue weighted by molar-refractivity contribution is -0.137. The number of rotatable bonds is 4. The van der Waals surface area contributed by atoms with Gasteiger partial charge >= 0.3 is 6.18 Å². The number of aromatic nitrogens is 1. The standard InChI is InChI=1S/C16H17ClF3N3OS/c1-9(2)13(14(24)22-15-23(3)6-7-25-15)21-12-5-4-10(8-11(12)17)16(18,19)20/h4-9,13,21H,1-3H3/t13-/m0/s1. The van der Waals surface area contributed by atoms with Crippen LogP contribution in [0.25, 0.3) is 0 Å². The van der Waals surface area contributed by atoms with Crippen molar-refractivity contribution in [3.8, 4) is 0 Å². The van der Waals surface area contributed by atoms with Crippen molar-refractivity contribution < 1.29 is 18.0 Å². The van der Waals surface area contributed by atoms with E-state index in [0.29, 0.717) is 4.80 Å². The van der Waals surface area contributed by atoms with Gasteiger partial charge in [0.15, 0.2) is 4.80 Å². The van der Waals surface area contributed by atoms with Crippen molar-refractivity contribution in [2.24, 2.45) is 18.0 Å². The smallest absolute Gasteiger partial charge is 0.372 e. The van der Waals surface area contributed by atoms with Crippen molar-refractivity contribution >= 4 is 34.5 Å². The normalized spacial score (nSPS) is 14.0. The quantitative estimate of drug-likeness (QED) is 0.843. The van der Waals surface area contributed by atoms with Crippen molar-refractivity contribution in [3.63, 3.8) is 0 Å². The van der Waals surface area contributed by atoms with E-state index in [1.54, 1.807) is 23.2 Å². The van der Waals surface area contributed by atoms with Crippen LogP contribution in [0.5, 0.6) is 0 Å². The molecule has 0 unspecified atom stereocenters. The third-order valence-corrected chi connectivity index (χ3v) is 4.67. The maximum atomic E-state index is 12.7. The second-order valence-electron chi connectivity index (χ2n) is 5.80. The predicted octanol–water partition coefficient (Wildman–Crippen LogP) is 4.32. The van der Waals surface area contributed by atoms with Gasteiger partial charge in [-0.15, -0.1) is 11.3 Å². The highest BCUT2D eigenvalue weighted by molar-refractivity contribution is 7.07. The van der Waals surface area contributed by atoms with E-state index in [1.807, 2.05) is 13.8 Å². The molecule has 1 amide bonds. The highest BCUT2D eigenvalue weighted by atomic mass is 35.5. The molecule has 4 nitrogen and oxygen atoms in total. The number of benzene rings is 1. The highest BCUT2D eigenvalue weighted by Crippen LogP contribution is 2.34. The Morgan fingerprint density at radius 1 is 1.36 bits per heavy atom. The highest BCUT2D eigenvalue weighted by Gasteiger charge is 2.31. The van der Waals surface area contributed by atoms with Gasteiger partial charge in [0.25, 0.3) is 5.91 Å². The molecule has 2 aromatic rings. The lowest BCUT2D eigenvalue weighted by Gasteiger charge is -2.21. The van der Waals surface area contributed by atoms with Crippen LogP contribution in [0.4, 0.5) is 18.9 Å². The third kappa shape index (κ3) is 4.85. The number of amides is 1. The van der Waals surface area contributed by atoms with Gasteiger partial charge in [-0.3, -0.25) is 4.79 Å². The number of thiazole rings is 1. The molecule has 1 aromatic heterocycles. The van der Waals surface area contributed by atoms with E-state index in [4.69, 9.17) is 11.6 Å². The van der Waals surface area contributed by atoms with Crippen LogP contribution in [0.2, 0.25) is 5.02 Å². The fourth-order valence-electron chi connectivity index (χ4n) is 2.09. The molecule has 0 bridgehead atoms. The molecule has 0 fully saturated rings. The molecule has 0 aliphatic rings. The molecule has 0 radical (unpaired) electrons. The number of carbonyl (C=O) groups is 1. The van der Waals surface area contributed by atoms with Crippen molar-refractivity contribution in [1.29, 1.82) is 0 Å². The first-order valence-electron chi connectivity index (χ1n) is 7.41. The molecule has 0 saturated carbocycles. The Morgan fingerprint density at radius 3 is 2.52 bits per heavy atom. The average Bonchev–Trinajstić information content (AvgIpc) is 2.89. The zero-order chi connectivity index (χ0) is 18.8. The van der Waals surface area contributed by atoms with Gasteiger partial charge in [0.05, 0.1) is 16.3 Å². The molecular weight excluding hydrogens is 375 g/mol. The van der Waals surface area contributed by atoms with Crippen LogP contribution in [0.3, 0.4) is 0 Å². The van der Waals surface area contributed by atoms with Gasteiger partial charge < -0.3 is 9.88 Å². The number of hydrogen-bond donors (Lipinski definition) is 1. The lowest BCUT2D eigenvalue weighted by atomic mass is 10.0. The summed E-state index contributed by atoms with van der Waals surface area (Å²) in [6, 6.07) is 2.27. The number of alkyl halides is 3. The number of aryl methyl sites for hydroxylation is 1. The first-order chi connectivity index (χ1) is 11.6. The molecule has 0 aliphatic carbocycles. The van der Waals surface area contributed by atoms with Crippen LogP contribution in [-0.2, 0) is 18.0 Å². The zero-order valence-electron chi connectivity index (χ0n) is 13.8. The first kappa shape index (κ1) is 19.5. The van der Waals surface area contributed by atoms with Crippen molar-refractivity contribution in [2.75, 3.05) is 5.32 Å². The van der Waals surface area contributed by atoms with Crippen molar-refractivity contribution in [3.05, 3.63) is 45.2 Å². The number of carbonyl (C=O) groups excluding carboxylic acids is 1. The minimum absolute atomic E-state index is 0.102. The summed E-state index contributed by atoms with van der Waals surface area (Å²) in [5.41, 5.74) is -0.585. The Hall–Kier alpha value is -1.80. The van der Waals surface area contributed by atoms with Crippen LogP contribution in [0, 0.1) is 5.92 Å². The summed E-state index contributed by atoms with van der Waals surface area (Å²) in [5, 5.41) is 4.61. The summed E-state index contributed by atoms with van der Waals surface area (Å²) in [6.07, 6.45) is -2.69. The van der Waals surface area contributed by atoms with Crippen LogP contribution >= 0.6 is 22.9 Å². The Balaban J connectivity index is 2.28. The summed E-state index contributed by atoms with van der Waals surface area (Å²) >= 11 is 7.27. The summed E-state index contributed by atoms with van der Waals surface area (Å²) in [4.78, 5) is 17.1. The van der Waals surface area contributed by atoms with E-state index in [-0.39, 0.29) is 16.6 Å². The Labute approximate surface area is 152 Å². The molecule has 1 aromatic carbocycles. The van der Waals surface area contributed by atoms with E-state index in [9.17, 15) is 18.0 Å². The zero-order valence-corrected chi connectivity index (χ0v) is 15.3. The third-order valence-electron chi connectivity index (χ3n) is 3.51. The van der Waals surface area contributed by atoms with Crippen molar-refractivity contribution in [2.45, 2.75) is 26.1 Å². The topological polar surface area (TPSA) is 46.4 Å². The molecule has 25 heavy (non-hydrogen) atoms. The molecule has 9 heteroatoms. The molecular formula is C16H17ClF3N3OS. The van der Waals surface area contributed by atoms with Crippen LogP contribution in [0.1, 0.15) is 19.4 Å². The molecule has 2 rings (SSSR count). The van der Waals surface area contributed by atoms with Gasteiger partial charge in [-0.25, -0.2) is 0 Å². The lowest BCUT2D eigenvalue weighted by Crippen LogP contribution is -2.35. The SMILES string of the molecule is CC(C)[C@H](Nc1ccc(C(F)(F)F)cc1Cl)C(=O)N=c1sccn1C. The first-order valence-corrected chi connectivity index (χ1v) is 8.67. The van der Waals surface area contributed by atoms with Crippen LogP contribution < -0.4 is 10.1 Å². The average molecular weight is 392 g/mol. The summed E-state index contributed by atoms with van der Waals surface area (Å²) < 4.78 is 39.9. The fraction of sp³-hybridized carbons (Fsp3) is 0.375. The van der Waals surface area contributed by atoms with Gasteiger partial charge in [-0.1, -0.05) is 25.4 Å². The van der Waals surface area contributed by atoms with Crippen molar-refractivity contribution in [1.82, 2.24) is 4.57 Å².